The minimum atomic E-state index is 0.148. The number of aromatic nitrogens is 1. The Labute approximate surface area is 182 Å². The van der Waals surface area contributed by atoms with Crippen LogP contribution in [-0.2, 0) is 0 Å². The monoisotopic (exact) mass is 418 g/mol. The van der Waals surface area contributed by atoms with E-state index >= 15 is 0 Å². The summed E-state index contributed by atoms with van der Waals surface area (Å²) in [5.74, 6) is 3.52. The van der Waals surface area contributed by atoms with Gasteiger partial charge >= 0.3 is 0 Å². The number of benzene rings is 2. The molecule has 0 spiro atoms. The maximum absolute atomic E-state index is 6.58. The van der Waals surface area contributed by atoms with Gasteiger partial charge in [0.05, 0.1) is 18.3 Å². The normalized spacial score (nSPS) is 29.9. The molecular formula is C26H27ClN2O. The van der Waals surface area contributed by atoms with Crippen LogP contribution in [0, 0.1) is 17.8 Å². The lowest BCUT2D eigenvalue weighted by Gasteiger charge is -2.55. The number of ether oxygens (including phenoxy) is 1. The molecule has 0 atom stereocenters. The molecule has 7 rings (SSSR count). The van der Waals surface area contributed by atoms with Crippen LogP contribution in [-0.4, -0.2) is 23.8 Å². The first kappa shape index (κ1) is 18.5. The van der Waals surface area contributed by atoms with Gasteiger partial charge in [-0.15, -0.1) is 0 Å². The van der Waals surface area contributed by atoms with E-state index < -0.39 is 0 Å². The fraction of sp³-hybridized carbons (Fsp3) is 0.423. The van der Waals surface area contributed by atoms with Gasteiger partial charge in [-0.3, -0.25) is 4.99 Å². The number of halogens is 1. The highest BCUT2D eigenvalue weighted by molar-refractivity contribution is 6.33. The molecule has 0 aliphatic heterocycles. The Morgan fingerprint density at radius 2 is 1.73 bits per heavy atom. The van der Waals surface area contributed by atoms with E-state index in [9.17, 15) is 0 Å². The number of hydrogen-bond donors (Lipinski definition) is 1. The molecule has 1 aromatic heterocycles. The van der Waals surface area contributed by atoms with E-state index in [0.717, 1.165) is 56.2 Å². The van der Waals surface area contributed by atoms with Crippen molar-refractivity contribution in [3.8, 4) is 17.0 Å². The summed E-state index contributed by atoms with van der Waals surface area (Å²) in [5.41, 5.74) is 4.40. The topological polar surface area (TPSA) is 37.4 Å². The summed E-state index contributed by atoms with van der Waals surface area (Å²) >= 11 is 6.58. The van der Waals surface area contributed by atoms with Crippen molar-refractivity contribution in [2.45, 2.75) is 44.1 Å². The number of fused-ring (bicyclic) bond motifs is 1. The first-order chi connectivity index (χ1) is 14.6. The number of nitrogens with zero attached hydrogens (tertiary/aromatic N) is 1. The molecule has 4 aliphatic rings. The lowest BCUT2D eigenvalue weighted by molar-refractivity contribution is 0.00195. The Hall–Kier alpha value is -2.26. The third kappa shape index (κ3) is 2.98. The summed E-state index contributed by atoms with van der Waals surface area (Å²) in [6, 6.07) is 14.2. The largest absolute Gasteiger partial charge is 0.497 e. The second-order valence-corrected chi connectivity index (χ2v) is 10.1. The van der Waals surface area contributed by atoms with Crippen LogP contribution in [0.2, 0.25) is 5.02 Å². The average Bonchev–Trinajstić information content (AvgIpc) is 3.09. The third-order valence-electron chi connectivity index (χ3n) is 7.66. The van der Waals surface area contributed by atoms with Crippen LogP contribution in [0.5, 0.6) is 5.75 Å². The van der Waals surface area contributed by atoms with Gasteiger partial charge in [-0.2, -0.15) is 0 Å². The SMILES string of the molecule is COc1ccc2[nH]c(-c3ccccc3Cl)c(C=NC34CC5CC(CC(C5)C3)C4)c2c1. The van der Waals surface area contributed by atoms with E-state index in [0.29, 0.717) is 0 Å². The maximum atomic E-state index is 6.58. The van der Waals surface area contributed by atoms with Gasteiger partial charge in [-0.25, -0.2) is 0 Å². The molecule has 4 bridgehead atoms. The zero-order chi connectivity index (χ0) is 20.3. The van der Waals surface area contributed by atoms with Crippen LogP contribution >= 0.6 is 11.6 Å². The van der Waals surface area contributed by atoms with Crippen molar-refractivity contribution in [2.24, 2.45) is 22.7 Å². The second-order valence-electron chi connectivity index (χ2n) is 9.71. The Balaban J connectivity index is 1.48. The van der Waals surface area contributed by atoms with Crippen molar-refractivity contribution in [3.63, 3.8) is 0 Å². The van der Waals surface area contributed by atoms with Crippen molar-refractivity contribution in [3.05, 3.63) is 53.1 Å². The van der Waals surface area contributed by atoms with Crippen molar-refractivity contribution < 1.29 is 4.74 Å². The Morgan fingerprint density at radius 1 is 1.03 bits per heavy atom. The molecule has 0 saturated heterocycles. The van der Waals surface area contributed by atoms with E-state index in [4.69, 9.17) is 21.3 Å². The molecule has 4 aliphatic carbocycles. The number of aromatic amines is 1. The van der Waals surface area contributed by atoms with Crippen molar-refractivity contribution in [1.82, 2.24) is 4.98 Å². The smallest absolute Gasteiger partial charge is 0.119 e. The van der Waals surface area contributed by atoms with Crippen LogP contribution in [0.1, 0.15) is 44.1 Å². The minimum absolute atomic E-state index is 0.148. The first-order valence-electron chi connectivity index (χ1n) is 11.1. The predicted molar refractivity (Wildman–Crippen MR) is 124 cm³/mol. The first-order valence-corrected chi connectivity index (χ1v) is 11.5. The summed E-state index contributed by atoms with van der Waals surface area (Å²) in [7, 11) is 1.71. The van der Waals surface area contributed by atoms with Gasteiger partial charge in [0.15, 0.2) is 0 Å². The average molecular weight is 419 g/mol. The van der Waals surface area contributed by atoms with Gasteiger partial charge in [0, 0.05) is 33.3 Å². The summed E-state index contributed by atoms with van der Waals surface area (Å²) < 4.78 is 5.51. The van der Waals surface area contributed by atoms with E-state index in [1.54, 1.807) is 7.11 Å². The summed E-state index contributed by atoms with van der Waals surface area (Å²) in [5, 5.41) is 1.89. The zero-order valence-corrected chi connectivity index (χ0v) is 18.1. The Morgan fingerprint density at radius 3 is 2.40 bits per heavy atom. The Kier molecular flexibility index (Phi) is 4.24. The van der Waals surface area contributed by atoms with Gasteiger partial charge in [0.1, 0.15) is 5.75 Å². The number of aliphatic imine (C=N–C) groups is 1. The lowest BCUT2D eigenvalue weighted by Crippen LogP contribution is -2.49. The van der Waals surface area contributed by atoms with Gasteiger partial charge in [-0.05, 0) is 80.5 Å². The number of methoxy groups -OCH3 is 1. The molecule has 30 heavy (non-hydrogen) atoms. The van der Waals surface area contributed by atoms with Crippen LogP contribution < -0.4 is 4.74 Å². The molecule has 0 amide bonds. The molecule has 1 N–H and O–H groups in total. The van der Waals surface area contributed by atoms with Gasteiger partial charge in [0.2, 0.25) is 0 Å². The number of rotatable bonds is 4. The molecule has 4 fully saturated rings. The molecule has 4 saturated carbocycles. The predicted octanol–water partition coefficient (Wildman–Crippen LogP) is 6.88. The van der Waals surface area contributed by atoms with Crippen molar-refractivity contribution in [2.75, 3.05) is 7.11 Å². The van der Waals surface area contributed by atoms with E-state index in [-0.39, 0.29) is 5.54 Å². The highest BCUT2D eigenvalue weighted by Gasteiger charge is 2.50. The summed E-state index contributed by atoms with van der Waals surface area (Å²) in [6.45, 7) is 0. The van der Waals surface area contributed by atoms with Crippen LogP contribution in [0.3, 0.4) is 0 Å². The maximum Gasteiger partial charge on any atom is 0.119 e. The van der Waals surface area contributed by atoms with Gasteiger partial charge < -0.3 is 9.72 Å². The van der Waals surface area contributed by atoms with Crippen molar-refractivity contribution in [1.29, 1.82) is 0 Å². The molecular weight excluding hydrogens is 392 g/mol. The fourth-order valence-electron chi connectivity index (χ4n) is 6.75. The molecule has 3 nitrogen and oxygen atoms in total. The zero-order valence-electron chi connectivity index (χ0n) is 17.3. The van der Waals surface area contributed by atoms with Crippen LogP contribution in [0.25, 0.3) is 22.2 Å². The van der Waals surface area contributed by atoms with Crippen LogP contribution in [0.15, 0.2) is 47.5 Å². The van der Waals surface area contributed by atoms with E-state index in [1.807, 2.05) is 24.3 Å². The molecule has 3 aromatic rings. The van der Waals surface area contributed by atoms with Gasteiger partial charge in [-0.1, -0.05) is 29.8 Å². The third-order valence-corrected chi connectivity index (χ3v) is 7.99. The molecule has 4 heteroatoms. The molecule has 0 radical (unpaired) electrons. The van der Waals surface area contributed by atoms with Crippen molar-refractivity contribution >= 4 is 28.7 Å². The highest BCUT2D eigenvalue weighted by Crippen LogP contribution is 2.57. The standard InChI is InChI=1S/C26H27ClN2O/c1-30-19-6-7-24-21(11-19)22(25(29-24)20-4-2-3-5-23(20)27)15-28-26-12-16-8-17(13-26)10-18(9-16)14-26/h2-7,11,15-18,29H,8-10,12-14H2,1H3. The summed E-state index contributed by atoms with van der Waals surface area (Å²) in [6.07, 6.45) is 10.2. The molecule has 2 aromatic carbocycles. The second kappa shape index (κ2) is 6.88. The highest BCUT2D eigenvalue weighted by atomic mass is 35.5. The number of nitrogens with one attached hydrogen (secondary N) is 1. The van der Waals surface area contributed by atoms with E-state index in [1.165, 1.54) is 38.5 Å². The van der Waals surface area contributed by atoms with Gasteiger partial charge in [0.25, 0.3) is 0 Å². The molecule has 1 heterocycles. The Bertz CT molecular complexity index is 1110. The molecule has 154 valence electrons. The molecule has 0 unspecified atom stereocenters. The number of hydrogen-bond acceptors (Lipinski definition) is 2. The van der Waals surface area contributed by atoms with E-state index in [2.05, 4.69) is 29.4 Å². The quantitative estimate of drug-likeness (QED) is 0.460. The van der Waals surface area contributed by atoms with Crippen LogP contribution in [0.4, 0.5) is 0 Å². The number of H-pyrrole nitrogens is 1. The summed E-state index contributed by atoms with van der Waals surface area (Å²) in [4.78, 5) is 8.95. The minimum Gasteiger partial charge on any atom is -0.497 e. The lowest BCUT2D eigenvalue weighted by atomic mass is 9.53. The fourth-order valence-corrected chi connectivity index (χ4v) is 6.98.